The van der Waals surface area contributed by atoms with E-state index >= 15 is 0 Å². The highest BCUT2D eigenvalue weighted by atomic mass is 28.5. The fourth-order valence-corrected chi connectivity index (χ4v) is 16.0. The Balaban J connectivity index is 6.11. The van der Waals surface area contributed by atoms with Gasteiger partial charge in [0.25, 0.3) is 0 Å². The minimum atomic E-state index is -2.95. The topological polar surface area (TPSA) is 55.4 Å². The van der Waals surface area contributed by atoms with Crippen LogP contribution in [0.15, 0.2) is 25.3 Å². The van der Waals surface area contributed by atoms with Crippen LogP contribution in [0.3, 0.4) is 0 Å². The van der Waals surface area contributed by atoms with E-state index in [2.05, 4.69) is 40.9 Å². The minimum absolute atomic E-state index is 0.136. The SMILES string of the molecule is C=CC[Si](OC)(OC)O[Si](O[Si](CC=C)(OC)OC)(C(C)C)C(C)C. The lowest BCUT2D eigenvalue weighted by atomic mass is 10.5. The third-order valence-corrected chi connectivity index (χ3v) is 16.6. The van der Waals surface area contributed by atoms with Gasteiger partial charge in [0.1, 0.15) is 0 Å². The molecule has 0 atom stereocenters. The summed E-state index contributed by atoms with van der Waals surface area (Å²) in [4.78, 5) is 0. The van der Waals surface area contributed by atoms with Crippen LogP contribution in [0.2, 0.25) is 23.2 Å². The highest BCUT2D eigenvalue weighted by Gasteiger charge is 2.58. The molecule has 0 saturated heterocycles. The summed E-state index contributed by atoms with van der Waals surface area (Å²) in [5.74, 6) is 0. The second-order valence-corrected chi connectivity index (χ2v) is 17.0. The predicted molar refractivity (Wildman–Crippen MR) is 108 cm³/mol. The molecule has 0 aromatic carbocycles. The van der Waals surface area contributed by atoms with Gasteiger partial charge in [0.15, 0.2) is 0 Å². The Morgan fingerprint density at radius 3 is 1.12 bits per heavy atom. The van der Waals surface area contributed by atoms with Crippen molar-refractivity contribution in [2.45, 2.75) is 50.9 Å². The van der Waals surface area contributed by atoms with E-state index in [1.807, 2.05) is 0 Å². The summed E-state index contributed by atoms with van der Waals surface area (Å²) in [6.07, 6.45) is 3.53. The van der Waals surface area contributed by atoms with Gasteiger partial charge in [-0.3, -0.25) is 0 Å². The Bertz CT molecular complexity index is 371. The van der Waals surface area contributed by atoms with Crippen LogP contribution in [-0.2, 0) is 25.9 Å². The van der Waals surface area contributed by atoms with Crippen LogP contribution in [0.4, 0.5) is 0 Å². The quantitative estimate of drug-likeness (QED) is 0.318. The molecule has 0 fully saturated rings. The number of rotatable bonds is 14. The lowest BCUT2D eigenvalue weighted by Crippen LogP contribution is -2.64. The van der Waals surface area contributed by atoms with Crippen molar-refractivity contribution in [1.29, 1.82) is 0 Å². The zero-order chi connectivity index (χ0) is 19.7. The molecule has 0 aliphatic carbocycles. The zero-order valence-corrected chi connectivity index (χ0v) is 20.1. The third kappa shape index (κ3) is 5.94. The second-order valence-electron chi connectivity index (χ2n) is 6.40. The van der Waals surface area contributed by atoms with E-state index in [4.69, 9.17) is 25.9 Å². The van der Waals surface area contributed by atoms with Crippen LogP contribution in [0.1, 0.15) is 27.7 Å². The van der Waals surface area contributed by atoms with Gasteiger partial charge in [-0.1, -0.05) is 39.8 Å². The van der Waals surface area contributed by atoms with Crippen LogP contribution in [0, 0.1) is 0 Å². The maximum absolute atomic E-state index is 6.67. The van der Waals surface area contributed by atoms with Gasteiger partial charge in [0.2, 0.25) is 0 Å². The van der Waals surface area contributed by atoms with Gasteiger partial charge < -0.3 is 25.9 Å². The van der Waals surface area contributed by atoms with Crippen molar-refractivity contribution in [2.75, 3.05) is 28.4 Å². The van der Waals surface area contributed by atoms with Gasteiger partial charge >= 0.3 is 26.2 Å². The zero-order valence-electron chi connectivity index (χ0n) is 17.1. The van der Waals surface area contributed by atoms with Crippen LogP contribution in [0.25, 0.3) is 0 Å². The molecule has 0 aliphatic heterocycles. The Morgan fingerprint density at radius 1 is 0.680 bits per heavy atom. The molecule has 0 amide bonds. The van der Waals surface area contributed by atoms with E-state index in [-0.39, 0.29) is 11.1 Å². The molecule has 0 spiro atoms. The van der Waals surface area contributed by atoms with Crippen LogP contribution < -0.4 is 0 Å². The molecule has 0 rings (SSSR count). The monoisotopic (exact) mass is 408 g/mol. The number of allylic oxidation sites excluding steroid dienone is 2. The molecule has 6 nitrogen and oxygen atoms in total. The van der Waals surface area contributed by atoms with E-state index < -0.39 is 26.2 Å². The largest absolute Gasteiger partial charge is 0.495 e. The summed E-state index contributed by atoms with van der Waals surface area (Å²) in [5, 5.41) is 0. The van der Waals surface area contributed by atoms with E-state index in [1.165, 1.54) is 0 Å². The molecule has 0 bridgehead atoms. The summed E-state index contributed by atoms with van der Waals surface area (Å²) in [7, 11) is -2.30. The Morgan fingerprint density at radius 2 is 0.960 bits per heavy atom. The molecule has 25 heavy (non-hydrogen) atoms. The van der Waals surface area contributed by atoms with Crippen molar-refractivity contribution in [3.05, 3.63) is 25.3 Å². The number of hydrogen-bond donors (Lipinski definition) is 0. The average molecular weight is 409 g/mol. The molecular weight excluding hydrogens is 372 g/mol. The lowest BCUT2D eigenvalue weighted by Gasteiger charge is -2.46. The van der Waals surface area contributed by atoms with Gasteiger partial charge in [0.05, 0.1) is 0 Å². The summed E-state index contributed by atoms with van der Waals surface area (Å²) in [5.41, 5.74) is 0.271. The number of hydrogen-bond acceptors (Lipinski definition) is 6. The Hall–Kier alpha value is -0.109. The lowest BCUT2D eigenvalue weighted by molar-refractivity contribution is 0.109. The summed E-state index contributed by atoms with van der Waals surface area (Å²) >= 11 is 0. The van der Waals surface area contributed by atoms with Crippen molar-refractivity contribution in [3.63, 3.8) is 0 Å². The van der Waals surface area contributed by atoms with Crippen molar-refractivity contribution in [3.8, 4) is 0 Å². The first-order valence-corrected chi connectivity index (χ1v) is 14.3. The highest BCUT2D eigenvalue weighted by molar-refractivity contribution is 6.85. The van der Waals surface area contributed by atoms with Crippen molar-refractivity contribution < 1.29 is 25.9 Å². The fraction of sp³-hybridized carbons (Fsp3) is 0.750. The molecule has 0 saturated carbocycles. The molecule has 0 radical (unpaired) electrons. The second kappa shape index (κ2) is 10.9. The molecule has 0 heterocycles. The molecule has 0 aliphatic rings. The van der Waals surface area contributed by atoms with Crippen LogP contribution in [0.5, 0.6) is 0 Å². The maximum Gasteiger partial charge on any atom is 0.495 e. The van der Waals surface area contributed by atoms with Crippen LogP contribution in [-0.4, -0.2) is 54.6 Å². The standard InChI is InChI=1S/C16H36O6Si3/c1-11-13-23(17-7,18-8)21-25(15(3)4,16(5)6)22-24(19-9,20-10)14-12-2/h11-12,15-16H,1-2,13-14H2,3-10H3. The third-order valence-electron chi connectivity index (χ3n) is 4.27. The van der Waals surface area contributed by atoms with Gasteiger partial charge in [0, 0.05) is 40.5 Å². The smallest absolute Gasteiger partial charge is 0.393 e. The Labute approximate surface area is 157 Å². The Kier molecular flexibility index (Phi) is 10.9. The summed E-state index contributed by atoms with van der Waals surface area (Å²) in [6, 6.07) is 1.01. The molecular formula is C16H36O6Si3. The first kappa shape index (κ1) is 24.9. The molecule has 0 unspecified atom stereocenters. The van der Waals surface area contributed by atoms with E-state index in [0.29, 0.717) is 12.1 Å². The molecule has 0 aromatic heterocycles. The normalized spacial score (nSPS) is 13.5. The van der Waals surface area contributed by atoms with Crippen molar-refractivity contribution in [1.82, 2.24) is 0 Å². The highest BCUT2D eigenvalue weighted by Crippen LogP contribution is 2.41. The maximum atomic E-state index is 6.67. The van der Waals surface area contributed by atoms with E-state index in [1.54, 1.807) is 40.6 Å². The van der Waals surface area contributed by atoms with Crippen molar-refractivity contribution in [2.24, 2.45) is 0 Å². The molecule has 0 aromatic rings. The van der Waals surface area contributed by atoms with Gasteiger partial charge in [-0.15, -0.1) is 13.2 Å². The average Bonchev–Trinajstić information content (AvgIpc) is 2.59. The van der Waals surface area contributed by atoms with Gasteiger partial charge in [-0.2, -0.15) is 0 Å². The summed E-state index contributed by atoms with van der Waals surface area (Å²) < 4.78 is 36.2. The van der Waals surface area contributed by atoms with E-state index in [9.17, 15) is 0 Å². The molecule has 0 N–H and O–H groups in total. The van der Waals surface area contributed by atoms with Gasteiger partial charge in [-0.25, -0.2) is 0 Å². The van der Waals surface area contributed by atoms with Crippen LogP contribution >= 0.6 is 0 Å². The molecule has 148 valence electrons. The predicted octanol–water partition coefficient (Wildman–Crippen LogP) is 4.12. The molecule has 9 heteroatoms. The van der Waals surface area contributed by atoms with Crippen molar-refractivity contribution >= 4 is 26.2 Å². The fourth-order valence-electron chi connectivity index (χ4n) is 2.75. The first-order chi connectivity index (χ1) is 11.7. The minimum Gasteiger partial charge on any atom is -0.393 e. The summed E-state index contributed by atoms with van der Waals surface area (Å²) in [6.45, 7) is 16.0. The van der Waals surface area contributed by atoms with E-state index in [0.717, 1.165) is 0 Å². The van der Waals surface area contributed by atoms with Gasteiger partial charge in [-0.05, 0) is 11.1 Å². The first-order valence-electron chi connectivity index (χ1n) is 8.49.